The van der Waals surface area contributed by atoms with Gasteiger partial charge in [0.15, 0.2) is 0 Å². The first-order valence-electron chi connectivity index (χ1n) is 6.84. The molecule has 0 aromatic heterocycles. The molecule has 1 unspecified atom stereocenters. The van der Waals surface area contributed by atoms with E-state index in [1.54, 1.807) is 18.2 Å². The molecule has 112 valence electrons. The van der Waals surface area contributed by atoms with Crippen LogP contribution >= 0.6 is 11.6 Å². The highest BCUT2D eigenvalue weighted by atomic mass is 35.5. The minimum Gasteiger partial charge on any atom is -0.399 e. The molecule has 20 heavy (non-hydrogen) atoms. The van der Waals surface area contributed by atoms with Gasteiger partial charge in [-0.25, -0.2) is 0 Å². The fraction of sp³-hybridized carbons (Fsp3) is 0.533. The zero-order valence-corrected chi connectivity index (χ0v) is 13.4. The van der Waals surface area contributed by atoms with E-state index >= 15 is 0 Å². The lowest BCUT2D eigenvalue weighted by atomic mass is 10.0. The van der Waals surface area contributed by atoms with Crippen molar-refractivity contribution in [3.05, 3.63) is 23.2 Å². The Kier molecular flexibility index (Phi) is 6.30. The maximum Gasteiger partial charge on any atom is 0.238 e. The average Bonchev–Trinajstić information content (AvgIpc) is 2.31. The van der Waals surface area contributed by atoms with E-state index in [0.717, 1.165) is 6.42 Å². The van der Waals surface area contributed by atoms with Gasteiger partial charge in [-0.15, -0.1) is 0 Å². The van der Waals surface area contributed by atoms with Crippen molar-refractivity contribution < 1.29 is 4.79 Å². The summed E-state index contributed by atoms with van der Waals surface area (Å²) in [6.07, 6.45) is 1.06. The number of nitrogens with zero attached hydrogens (tertiary/aromatic N) is 1. The number of anilines is 2. The molecule has 0 heterocycles. The van der Waals surface area contributed by atoms with E-state index in [4.69, 9.17) is 17.3 Å². The lowest BCUT2D eigenvalue weighted by Crippen LogP contribution is -2.37. The summed E-state index contributed by atoms with van der Waals surface area (Å²) in [5.41, 5.74) is 6.79. The summed E-state index contributed by atoms with van der Waals surface area (Å²) in [6, 6.07) is 5.42. The minimum atomic E-state index is -0.0743. The van der Waals surface area contributed by atoms with Gasteiger partial charge in [0.25, 0.3) is 0 Å². The van der Waals surface area contributed by atoms with E-state index in [1.807, 2.05) is 11.9 Å². The van der Waals surface area contributed by atoms with Gasteiger partial charge < -0.3 is 11.1 Å². The molecule has 4 nitrogen and oxygen atoms in total. The zero-order chi connectivity index (χ0) is 15.3. The molecule has 0 saturated heterocycles. The number of rotatable bonds is 6. The van der Waals surface area contributed by atoms with Crippen LogP contribution in [0.2, 0.25) is 5.02 Å². The highest BCUT2D eigenvalue weighted by Gasteiger charge is 2.15. The largest absolute Gasteiger partial charge is 0.399 e. The number of halogens is 1. The van der Waals surface area contributed by atoms with Gasteiger partial charge in [-0.05, 0) is 44.5 Å². The Hall–Kier alpha value is -1.26. The van der Waals surface area contributed by atoms with Gasteiger partial charge in [0.2, 0.25) is 5.91 Å². The van der Waals surface area contributed by atoms with Crippen molar-refractivity contribution in [3.63, 3.8) is 0 Å². The van der Waals surface area contributed by atoms with Gasteiger partial charge in [-0.1, -0.05) is 25.4 Å². The van der Waals surface area contributed by atoms with Crippen LogP contribution in [0.25, 0.3) is 0 Å². The first kappa shape index (κ1) is 16.8. The molecule has 0 aliphatic rings. The maximum absolute atomic E-state index is 12.0. The molecule has 0 radical (unpaired) electrons. The predicted octanol–water partition coefficient (Wildman–Crippen LogP) is 3.23. The van der Waals surface area contributed by atoms with Crippen LogP contribution in [0, 0.1) is 5.92 Å². The molecule has 1 aromatic rings. The van der Waals surface area contributed by atoms with Crippen molar-refractivity contribution in [2.24, 2.45) is 5.92 Å². The summed E-state index contributed by atoms with van der Waals surface area (Å²) in [7, 11) is 1.96. The second kappa shape index (κ2) is 7.50. The highest BCUT2D eigenvalue weighted by molar-refractivity contribution is 6.34. The smallest absolute Gasteiger partial charge is 0.238 e. The molecule has 0 saturated carbocycles. The highest BCUT2D eigenvalue weighted by Crippen LogP contribution is 2.24. The SMILES string of the molecule is CC(C)CC(C)N(C)CC(=O)Nc1ccc(N)cc1Cl. The van der Waals surface area contributed by atoms with Crippen molar-refractivity contribution in [2.45, 2.75) is 33.2 Å². The second-order valence-electron chi connectivity index (χ2n) is 5.68. The van der Waals surface area contributed by atoms with E-state index in [2.05, 4.69) is 26.1 Å². The quantitative estimate of drug-likeness (QED) is 0.793. The topological polar surface area (TPSA) is 58.4 Å². The standard InChI is InChI=1S/C15H24ClN3O/c1-10(2)7-11(3)19(4)9-15(20)18-14-6-5-12(17)8-13(14)16/h5-6,8,10-11H,7,9,17H2,1-4H3,(H,18,20). The summed E-state index contributed by atoms with van der Waals surface area (Å²) in [6.45, 7) is 6.83. The van der Waals surface area contributed by atoms with Gasteiger partial charge in [-0.2, -0.15) is 0 Å². The lowest BCUT2D eigenvalue weighted by molar-refractivity contribution is -0.117. The fourth-order valence-corrected chi connectivity index (χ4v) is 2.30. The summed E-state index contributed by atoms with van der Waals surface area (Å²) in [5, 5.41) is 3.26. The molecular formula is C15H24ClN3O. The van der Waals surface area contributed by atoms with E-state index in [1.165, 1.54) is 0 Å². The molecule has 1 atom stereocenters. The van der Waals surface area contributed by atoms with Gasteiger partial charge in [0.05, 0.1) is 17.3 Å². The van der Waals surface area contributed by atoms with Crippen molar-refractivity contribution in [2.75, 3.05) is 24.6 Å². The van der Waals surface area contributed by atoms with Crippen molar-refractivity contribution in [1.29, 1.82) is 0 Å². The monoisotopic (exact) mass is 297 g/mol. The number of nitrogens with two attached hydrogens (primary N) is 1. The molecule has 3 N–H and O–H groups in total. The van der Waals surface area contributed by atoms with Crippen LogP contribution in [-0.4, -0.2) is 30.4 Å². The normalized spacial score (nSPS) is 12.8. The van der Waals surface area contributed by atoms with E-state index < -0.39 is 0 Å². The maximum atomic E-state index is 12.0. The predicted molar refractivity (Wildman–Crippen MR) is 86.0 cm³/mol. The van der Waals surface area contributed by atoms with Gasteiger partial charge >= 0.3 is 0 Å². The number of benzene rings is 1. The summed E-state index contributed by atoms with van der Waals surface area (Å²) < 4.78 is 0. The summed E-state index contributed by atoms with van der Waals surface area (Å²) in [5.74, 6) is 0.539. The third kappa shape index (κ3) is 5.39. The first-order chi connectivity index (χ1) is 9.29. The third-order valence-corrected chi connectivity index (χ3v) is 3.54. The second-order valence-corrected chi connectivity index (χ2v) is 6.09. The van der Waals surface area contributed by atoms with E-state index in [0.29, 0.717) is 34.9 Å². The van der Waals surface area contributed by atoms with Crippen LogP contribution in [0.5, 0.6) is 0 Å². The Balaban J connectivity index is 2.55. The number of amides is 1. The number of nitrogen functional groups attached to an aromatic ring is 1. The molecule has 0 bridgehead atoms. The molecular weight excluding hydrogens is 274 g/mol. The van der Waals surface area contributed by atoms with Crippen LogP contribution < -0.4 is 11.1 Å². The van der Waals surface area contributed by atoms with E-state index in [9.17, 15) is 4.79 Å². The molecule has 0 aliphatic carbocycles. The number of hydrogen-bond acceptors (Lipinski definition) is 3. The molecule has 0 aliphatic heterocycles. The third-order valence-electron chi connectivity index (χ3n) is 3.23. The number of likely N-dealkylation sites (N-methyl/N-ethyl adjacent to an activating group) is 1. The Morgan fingerprint density at radius 2 is 2.05 bits per heavy atom. The van der Waals surface area contributed by atoms with Gasteiger partial charge in [0.1, 0.15) is 0 Å². The van der Waals surface area contributed by atoms with Crippen molar-refractivity contribution in [1.82, 2.24) is 4.90 Å². The number of nitrogens with one attached hydrogen (secondary N) is 1. The molecule has 1 rings (SSSR count). The van der Waals surface area contributed by atoms with Crippen LogP contribution in [0.4, 0.5) is 11.4 Å². The Morgan fingerprint density at radius 1 is 1.40 bits per heavy atom. The fourth-order valence-electron chi connectivity index (χ4n) is 2.07. The van der Waals surface area contributed by atoms with Crippen LogP contribution in [0.15, 0.2) is 18.2 Å². The lowest BCUT2D eigenvalue weighted by Gasteiger charge is -2.25. The number of hydrogen-bond donors (Lipinski definition) is 2. The Morgan fingerprint density at radius 3 is 2.60 bits per heavy atom. The molecule has 5 heteroatoms. The van der Waals surface area contributed by atoms with Gasteiger partial charge in [-0.3, -0.25) is 9.69 Å². The Bertz CT molecular complexity index is 462. The number of carbonyl (C=O) groups is 1. The molecule has 1 amide bonds. The molecule has 0 spiro atoms. The van der Waals surface area contributed by atoms with Crippen molar-refractivity contribution in [3.8, 4) is 0 Å². The minimum absolute atomic E-state index is 0.0743. The van der Waals surface area contributed by atoms with Gasteiger partial charge in [0, 0.05) is 11.7 Å². The van der Waals surface area contributed by atoms with Crippen molar-refractivity contribution >= 4 is 28.9 Å². The molecule has 1 aromatic carbocycles. The average molecular weight is 298 g/mol. The van der Waals surface area contributed by atoms with Crippen LogP contribution in [-0.2, 0) is 4.79 Å². The summed E-state index contributed by atoms with van der Waals surface area (Å²) >= 11 is 6.03. The first-order valence-corrected chi connectivity index (χ1v) is 7.22. The Labute approximate surface area is 126 Å². The zero-order valence-electron chi connectivity index (χ0n) is 12.6. The van der Waals surface area contributed by atoms with Crippen LogP contribution in [0.1, 0.15) is 27.2 Å². The van der Waals surface area contributed by atoms with E-state index in [-0.39, 0.29) is 5.91 Å². The summed E-state index contributed by atoms with van der Waals surface area (Å²) in [4.78, 5) is 14.0. The number of carbonyl (C=O) groups excluding carboxylic acids is 1. The molecule has 0 fully saturated rings. The van der Waals surface area contributed by atoms with Crippen LogP contribution in [0.3, 0.4) is 0 Å².